The lowest BCUT2D eigenvalue weighted by Gasteiger charge is -2.08. The van der Waals surface area contributed by atoms with Gasteiger partial charge in [-0.25, -0.2) is 0 Å². The van der Waals surface area contributed by atoms with Gasteiger partial charge in [-0.05, 0) is 18.2 Å². The van der Waals surface area contributed by atoms with Gasteiger partial charge >= 0.3 is 0 Å². The van der Waals surface area contributed by atoms with Crippen molar-refractivity contribution in [3.05, 3.63) is 36.4 Å². The van der Waals surface area contributed by atoms with E-state index < -0.39 is 0 Å². The van der Waals surface area contributed by atoms with Crippen LogP contribution < -0.4 is 10.1 Å². The summed E-state index contributed by atoms with van der Waals surface area (Å²) in [4.78, 5) is 11.1. The molecular weight excluding hydrogens is 192 g/mol. The molecule has 0 aliphatic carbocycles. The van der Waals surface area contributed by atoms with Crippen LogP contribution in [0.15, 0.2) is 30.9 Å². The average Bonchev–Trinajstić information content (AvgIpc) is 2.29. The fraction of sp³-hybridized carbons (Fsp3) is 0.0909. The van der Waals surface area contributed by atoms with Gasteiger partial charge in [0.15, 0.2) is 0 Å². The Balaban J connectivity index is 3.03. The summed E-state index contributed by atoms with van der Waals surface area (Å²) in [6.07, 6.45) is 1.16. The molecule has 0 aromatic heterocycles. The van der Waals surface area contributed by atoms with Crippen LogP contribution in [0.2, 0.25) is 0 Å². The first-order valence-electron chi connectivity index (χ1n) is 4.23. The van der Waals surface area contributed by atoms with Crippen LogP contribution in [0.3, 0.4) is 0 Å². The third-order valence-electron chi connectivity index (χ3n) is 1.77. The van der Waals surface area contributed by atoms with Crippen LogP contribution in [-0.4, -0.2) is 13.0 Å². The third-order valence-corrected chi connectivity index (χ3v) is 1.77. The highest BCUT2D eigenvalue weighted by Gasteiger charge is 2.05. The molecule has 1 aromatic carbocycles. The first kappa shape index (κ1) is 10.8. The van der Waals surface area contributed by atoms with Gasteiger partial charge in [-0.2, -0.15) is 5.26 Å². The minimum atomic E-state index is -0.321. The first-order chi connectivity index (χ1) is 7.21. The number of nitrogens with one attached hydrogen (secondary N) is 1. The molecule has 0 saturated heterocycles. The largest absolute Gasteiger partial charge is 0.495 e. The zero-order valence-corrected chi connectivity index (χ0v) is 8.28. The number of carbonyl (C=O) groups excluding carboxylic acids is 1. The van der Waals surface area contributed by atoms with Gasteiger partial charge in [0.2, 0.25) is 5.91 Å². The molecule has 1 aromatic rings. The molecule has 1 rings (SSSR count). The summed E-state index contributed by atoms with van der Waals surface area (Å²) in [6.45, 7) is 3.34. The minimum Gasteiger partial charge on any atom is -0.495 e. The summed E-state index contributed by atoms with van der Waals surface area (Å²) in [5.41, 5.74) is 0.991. The summed E-state index contributed by atoms with van der Waals surface area (Å²) in [6, 6.07) is 6.75. The monoisotopic (exact) mass is 202 g/mol. The molecule has 1 amide bonds. The van der Waals surface area contributed by atoms with Crippen LogP contribution in [0.1, 0.15) is 5.56 Å². The summed E-state index contributed by atoms with van der Waals surface area (Å²) >= 11 is 0. The number of carbonyl (C=O) groups is 1. The average molecular weight is 202 g/mol. The van der Waals surface area contributed by atoms with Gasteiger partial charge in [0.25, 0.3) is 0 Å². The van der Waals surface area contributed by atoms with E-state index >= 15 is 0 Å². The topological polar surface area (TPSA) is 62.1 Å². The minimum absolute atomic E-state index is 0.321. The van der Waals surface area contributed by atoms with Gasteiger partial charge in [0.1, 0.15) is 5.75 Å². The van der Waals surface area contributed by atoms with E-state index in [0.29, 0.717) is 17.0 Å². The van der Waals surface area contributed by atoms with Gasteiger partial charge < -0.3 is 10.1 Å². The number of benzene rings is 1. The highest BCUT2D eigenvalue weighted by atomic mass is 16.5. The number of ether oxygens (including phenoxy) is 1. The Morgan fingerprint density at radius 2 is 2.40 bits per heavy atom. The van der Waals surface area contributed by atoms with Crippen LogP contribution in [-0.2, 0) is 4.79 Å². The van der Waals surface area contributed by atoms with Crippen molar-refractivity contribution < 1.29 is 9.53 Å². The Morgan fingerprint density at radius 3 is 2.93 bits per heavy atom. The van der Waals surface area contributed by atoms with Crippen molar-refractivity contribution in [2.75, 3.05) is 12.4 Å². The molecule has 4 nitrogen and oxygen atoms in total. The van der Waals surface area contributed by atoms with Crippen molar-refractivity contribution in [2.45, 2.75) is 0 Å². The highest BCUT2D eigenvalue weighted by molar-refractivity contribution is 5.99. The maximum atomic E-state index is 11.1. The van der Waals surface area contributed by atoms with Crippen molar-refractivity contribution >= 4 is 11.6 Å². The first-order valence-corrected chi connectivity index (χ1v) is 4.23. The van der Waals surface area contributed by atoms with Crippen LogP contribution in [0.5, 0.6) is 5.75 Å². The van der Waals surface area contributed by atoms with Crippen molar-refractivity contribution in [3.63, 3.8) is 0 Å². The smallest absolute Gasteiger partial charge is 0.247 e. The molecule has 15 heavy (non-hydrogen) atoms. The van der Waals surface area contributed by atoms with Crippen LogP contribution >= 0.6 is 0 Å². The van der Waals surface area contributed by atoms with E-state index in [0.717, 1.165) is 6.08 Å². The molecular formula is C11H10N2O2. The molecule has 0 bridgehead atoms. The zero-order chi connectivity index (χ0) is 11.3. The molecule has 0 atom stereocenters. The third kappa shape index (κ3) is 2.58. The van der Waals surface area contributed by atoms with Gasteiger partial charge in [-0.3, -0.25) is 4.79 Å². The standard InChI is InChI=1S/C11H10N2O2/c1-3-11(14)13-9-5-4-8(7-12)6-10(9)15-2/h3-6H,1H2,2H3,(H,13,14). The Hall–Kier alpha value is -2.28. The number of nitrogens with zero attached hydrogens (tertiary/aromatic N) is 1. The van der Waals surface area contributed by atoms with Gasteiger partial charge in [0.05, 0.1) is 24.4 Å². The number of methoxy groups -OCH3 is 1. The Morgan fingerprint density at radius 1 is 1.67 bits per heavy atom. The lowest BCUT2D eigenvalue weighted by Crippen LogP contribution is -2.08. The number of nitriles is 1. The summed E-state index contributed by atoms with van der Waals surface area (Å²) in [5.74, 6) is 0.127. The Kier molecular flexibility index (Phi) is 3.47. The second-order valence-electron chi connectivity index (χ2n) is 2.72. The molecule has 0 unspecified atom stereocenters. The number of rotatable bonds is 3. The van der Waals surface area contributed by atoms with Crippen LogP contribution in [0.4, 0.5) is 5.69 Å². The lowest BCUT2D eigenvalue weighted by molar-refractivity contribution is -0.111. The molecule has 0 saturated carbocycles. The molecule has 0 aliphatic heterocycles. The predicted octanol–water partition coefficient (Wildman–Crippen LogP) is 1.69. The van der Waals surface area contributed by atoms with Crippen molar-refractivity contribution in [1.82, 2.24) is 0 Å². The van der Waals surface area contributed by atoms with E-state index in [2.05, 4.69) is 11.9 Å². The van der Waals surface area contributed by atoms with Gasteiger partial charge in [-0.15, -0.1) is 0 Å². The zero-order valence-electron chi connectivity index (χ0n) is 8.28. The molecule has 0 heterocycles. The molecule has 4 heteroatoms. The van der Waals surface area contributed by atoms with E-state index in [4.69, 9.17) is 10.00 Å². The second kappa shape index (κ2) is 4.82. The summed E-state index contributed by atoms with van der Waals surface area (Å²) < 4.78 is 5.03. The number of hydrogen-bond donors (Lipinski definition) is 1. The van der Waals surface area contributed by atoms with E-state index in [9.17, 15) is 4.79 Å². The molecule has 76 valence electrons. The highest BCUT2D eigenvalue weighted by Crippen LogP contribution is 2.25. The second-order valence-corrected chi connectivity index (χ2v) is 2.72. The molecule has 0 fully saturated rings. The Bertz CT molecular complexity index is 433. The normalized spacial score (nSPS) is 8.80. The molecule has 0 aliphatic rings. The van der Waals surface area contributed by atoms with E-state index in [1.54, 1.807) is 18.2 Å². The van der Waals surface area contributed by atoms with Gasteiger partial charge in [-0.1, -0.05) is 6.58 Å². The van der Waals surface area contributed by atoms with Gasteiger partial charge in [0, 0.05) is 6.07 Å². The van der Waals surface area contributed by atoms with Crippen LogP contribution in [0.25, 0.3) is 0 Å². The fourth-order valence-corrected chi connectivity index (χ4v) is 1.05. The van der Waals surface area contributed by atoms with Crippen molar-refractivity contribution in [3.8, 4) is 11.8 Å². The van der Waals surface area contributed by atoms with Crippen LogP contribution in [0, 0.1) is 11.3 Å². The summed E-state index contributed by atoms with van der Waals surface area (Å²) in [5, 5.41) is 11.2. The maximum Gasteiger partial charge on any atom is 0.247 e. The van der Waals surface area contributed by atoms with E-state index in [-0.39, 0.29) is 5.91 Å². The molecule has 1 N–H and O–H groups in total. The quantitative estimate of drug-likeness (QED) is 0.758. The maximum absolute atomic E-state index is 11.1. The Labute approximate surface area is 87.8 Å². The fourth-order valence-electron chi connectivity index (χ4n) is 1.05. The molecule has 0 spiro atoms. The predicted molar refractivity (Wildman–Crippen MR) is 56.5 cm³/mol. The van der Waals surface area contributed by atoms with Crippen molar-refractivity contribution in [1.29, 1.82) is 5.26 Å². The van der Waals surface area contributed by atoms with E-state index in [1.807, 2.05) is 6.07 Å². The molecule has 0 radical (unpaired) electrons. The number of hydrogen-bond acceptors (Lipinski definition) is 3. The van der Waals surface area contributed by atoms with E-state index in [1.165, 1.54) is 7.11 Å². The summed E-state index contributed by atoms with van der Waals surface area (Å²) in [7, 11) is 1.47. The lowest BCUT2D eigenvalue weighted by atomic mass is 10.2. The van der Waals surface area contributed by atoms with Crippen molar-refractivity contribution in [2.24, 2.45) is 0 Å². The number of anilines is 1. The SMILES string of the molecule is C=CC(=O)Nc1ccc(C#N)cc1OC. The number of amides is 1.